The van der Waals surface area contributed by atoms with Gasteiger partial charge in [0.1, 0.15) is 5.56 Å². The molecule has 100 valence electrons. The average Bonchev–Trinajstić information content (AvgIpc) is 2.83. The molecule has 9 nitrogen and oxygen atoms in total. The van der Waals surface area contributed by atoms with E-state index in [1.165, 1.54) is 12.4 Å². The van der Waals surface area contributed by atoms with Crippen LogP contribution in [0, 0.1) is 0 Å². The van der Waals surface area contributed by atoms with Crippen LogP contribution in [0.25, 0.3) is 5.95 Å². The Balaban J connectivity index is 2.71. The fourth-order valence-corrected chi connectivity index (χ4v) is 2.22. The highest BCUT2D eigenvalue weighted by Crippen LogP contribution is 2.17. The molecule has 2 N–H and O–H groups in total. The fraction of sp³-hybridized carbons (Fsp3) is 0.111. The largest absolute Gasteiger partial charge is 0.465 e. The molecule has 0 aliphatic rings. The summed E-state index contributed by atoms with van der Waals surface area (Å²) in [5.74, 6) is -0.895. The lowest BCUT2D eigenvalue weighted by atomic mass is 10.4. The van der Waals surface area contributed by atoms with Gasteiger partial charge in [-0.05, 0) is 6.07 Å². The summed E-state index contributed by atoms with van der Waals surface area (Å²) in [5.41, 5.74) is -0.280. The molecule has 19 heavy (non-hydrogen) atoms. The minimum absolute atomic E-state index is 0.0262. The van der Waals surface area contributed by atoms with Crippen molar-refractivity contribution < 1.29 is 17.9 Å². The van der Waals surface area contributed by atoms with E-state index in [1.54, 1.807) is 6.07 Å². The molecule has 0 saturated heterocycles. The van der Waals surface area contributed by atoms with Crippen LogP contribution in [-0.4, -0.2) is 41.2 Å². The normalized spacial score (nSPS) is 11.3. The van der Waals surface area contributed by atoms with Crippen LogP contribution in [-0.2, 0) is 14.8 Å². The molecule has 0 aliphatic heterocycles. The first-order chi connectivity index (χ1) is 8.95. The molecule has 0 bridgehead atoms. The van der Waals surface area contributed by atoms with Gasteiger partial charge in [-0.1, -0.05) is 0 Å². The number of hydrogen-bond donors (Lipinski definition) is 1. The minimum atomic E-state index is -4.20. The Hall–Kier alpha value is -2.33. The molecule has 0 fully saturated rings. The Labute approximate surface area is 108 Å². The highest BCUT2D eigenvalue weighted by atomic mass is 32.2. The Bertz CT molecular complexity index is 709. The van der Waals surface area contributed by atoms with Gasteiger partial charge in [-0.25, -0.2) is 28.3 Å². The number of aromatic nitrogens is 4. The smallest absolute Gasteiger partial charge is 0.342 e. The maximum absolute atomic E-state index is 11.6. The summed E-state index contributed by atoms with van der Waals surface area (Å²) in [7, 11) is -3.09. The molecule has 0 unspecified atom stereocenters. The van der Waals surface area contributed by atoms with Crippen molar-refractivity contribution in [2.24, 2.45) is 5.14 Å². The van der Waals surface area contributed by atoms with E-state index in [4.69, 9.17) is 5.14 Å². The van der Waals surface area contributed by atoms with Crippen molar-refractivity contribution in [3.05, 3.63) is 30.2 Å². The van der Waals surface area contributed by atoms with Crippen LogP contribution in [0.4, 0.5) is 0 Å². The standard InChI is InChI=1S/C9H9N5O4S/c1-18-8(15)6-5-13-14(7(6)19(10,16)17)9-11-3-2-4-12-9/h2-5H,1H3,(H2,10,16,17). The Morgan fingerprint density at radius 3 is 2.53 bits per heavy atom. The summed E-state index contributed by atoms with van der Waals surface area (Å²) in [6.07, 6.45) is 3.82. The van der Waals surface area contributed by atoms with Gasteiger partial charge in [0.05, 0.1) is 13.3 Å². The zero-order valence-electron chi connectivity index (χ0n) is 9.72. The van der Waals surface area contributed by atoms with Crippen LogP contribution in [0.1, 0.15) is 10.4 Å². The van der Waals surface area contributed by atoms with Gasteiger partial charge in [-0.15, -0.1) is 0 Å². The molecule has 0 aliphatic carbocycles. The third kappa shape index (κ3) is 2.44. The molecular formula is C9H9N5O4S. The van der Waals surface area contributed by atoms with Gasteiger partial charge < -0.3 is 4.74 Å². The van der Waals surface area contributed by atoms with Crippen molar-refractivity contribution in [3.63, 3.8) is 0 Å². The summed E-state index contributed by atoms with van der Waals surface area (Å²) in [4.78, 5) is 19.2. The van der Waals surface area contributed by atoms with Crippen molar-refractivity contribution in [2.45, 2.75) is 5.03 Å². The lowest BCUT2D eigenvalue weighted by molar-refractivity contribution is 0.0596. The summed E-state index contributed by atoms with van der Waals surface area (Å²) in [6, 6.07) is 1.55. The number of nitrogens with zero attached hydrogens (tertiary/aromatic N) is 4. The number of ether oxygens (including phenoxy) is 1. The number of hydrogen-bond acceptors (Lipinski definition) is 7. The highest BCUT2D eigenvalue weighted by molar-refractivity contribution is 7.89. The number of sulfonamides is 1. The molecule has 0 amide bonds. The lowest BCUT2D eigenvalue weighted by Gasteiger charge is -2.04. The van der Waals surface area contributed by atoms with E-state index in [9.17, 15) is 13.2 Å². The number of carbonyl (C=O) groups is 1. The van der Waals surface area contributed by atoms with E-state index >= 15 is 0 Å². The molecule has 10 heteroatoms. The molecule has 2 rings (SSSR count). The Morgan fingerprint density at radius 1 is 1.37 bits per heavy atom. The number of methoxy groups -OCH3 is 1. The minimum Gasteiger partial charge on any atom is -0.465 e. The molecule has 2 aromatic heterocycles. The second-order valence-corrected chi connectivity index (χ2v) is 4.84. The average molecular weight is 283 g/mol. The van der Waals surface area contributed by atoms with E-state index < -0.39 is 21.0 Å². The summed E-state index contributed by atoms with van der Waals surface area (Å²) in [5, 5.41) is 8.31. The van der Waals surface area contributed by atoms with Crippen LogP contribution < -0.4 is 5.14 Å². The molecule has 0 saturated carbocycles. The van der Waals surface area contributed by atoms with Crippen LogP contribution in [0.2, 0.25) is 0 Å². The van der Waals surface area contributed by atoms with Crippen molar-refractivity contribution in [2.75, 3.05) is 7.11 Å². The maximum Gasteiger partial charge on any atom is 0.342 e. The van der Waals surface area contributed by atoms with Gasteiger partial charge in [0.2, 0.25) is 0 Å². The fourth-order valence-electron chi connectivity index (χ4n) is 1.40. The highest BCUT2D eigenvalue weighted by Gasteiger charge is 2.27. The molecule has 2 aromatic rings. The van der Waals surface area contributed by atoms with Crippen molar-refractivity contribution in [1.29, 1.82) is 0 Å². The van der Waals surface area contributed by atoms with Crippen LogP contribution in [0.5, 0.6) is 0 Å². The van der Waals surface area contributed by atoms with E-state index in [0.29, 0.717) is 0 Å². The number of rotatable bonds is 3. The predicted molar refractivity (Wildman–Crippen MR) is 61.9 cm³/mol. The van der Waals surface area contributed by atoms with Gasteiger partial charge in [-0.2, -0.15) is 9.78 Å². The molecule has 0 radical (unpaired) electrons. The van der Waals surface area contributed by atoms with Crippen LogP contribution in [0.3, 0.4) is 0 Å². The third-order valence-corrected chi connectivity index (χ3v) is 3.07. The van der Waals surface area contributed by atoms with E-state index in [1.807, 2.05) is 0 Å². The first-order valence-corrected chi connectivity index (χ1v) is 6.46. The number of esters is 1. The van der Waals surface area contributed by atoms with Gasteiger partial charge in [0, 0.05) is 12.4 Å². The number of nitrogens with two attached hydrogens (primary N) is 1. The lowest BCUT2D eigenvalue weighted by Crippen LogP contribution is -2.21. The summed E-state index contributed by atoms with van der Waals surface area (Å²) in [6.45, 7) is 0. The van der Waals surface area contributed by atoms with Gasteiger partial charge in [0.25, 0.3) is 16.0 Å². The van der Waals surface area contributed by atoms with Crippen molar-refractivity contribution >= 4 is 16.0 Å². The first kappa shape index (κ1) is 13.1. The first-order valence-electron chi connectivity index (χ1n) is 4.91. The Morgan fingerprint density at radius 2 is 2.00 bits per heavy atom. The molecular weight excluding hydrogens is 274 g/mol. The topological polar surface area (TPSA) is 130 Å². The van der Waals surface area contributed by atoms with Crippen molar-refractivity contribution in [1.82, 2.24) is 19.7 Å². The van der Waals surface area contributed by atoms with Crippen LogP contribution in [0.15, 0.2) is 29.7 Å². The third-order valence-electron chi connectivity index (χ3n) is 2.14. The van der Waals surface area contributed by atoms with Gasteiger partial charge in [0.15, 0.2) is 5.03 Å². The van der Waals surface area contributed by atoms with Crippen LogP contribution >= 0.6 is 0 Å². The monoisotopic (exact) mass is 283 g/mol. The summed E-state index contributed by atoms with van der Waals surface area (Å²) < 4.78 is 28.5. The second-order valence-electron chi connectivity index (χ2n) is 3.36. The van der Waals surface area contributed by atoms with E-state index in [0.717, 1.165) is 18.0 Å². The molecule has 0 atom stereocenters. The van der Waals surface area contributed by atoms with Gasteiger partial charge in [-0.3, -0.25) is 0 Å². The zero-order valence-corrected chi connectivity index (χ0v) is 10.5. The zero-order chi connectivity index (χ0) is 14.0. The molecule has 0 aromatic carbocycles. The Kier molecular flexibility index (Phi) is 3.27. The molecule has 2 heterocycles. The predicted octanol–water partition coefficient (Wildman–Crippen LogP) is -0.904. The SMILES string of the molecule is COC(=O)c1cnn(-c2ncccn2)c1S(N)(=O)=O. The van der Waals surface area contributed by atoms with Crippen molar-refractivity contribution in [3.8, 4) is 5.95 Å². The van der Waals surface area contributed by atoms with Gasteiger partial charge >= 0.3 is 5.97 Å². The quantitative estimate of drug-likeness (QED) is 0.722. The summed E-state index contributed by atoms with van der Waals surface area (Å²) >= 11 is 0. The van der Waals surface area contributed by atoms with E-state index in [2.05, 4.69) is 19.8 Å². The van der Waals surface area contributed by atoms with E-state index in [-0.39, 0.29) is 11.5 Å². The number of carbonyl (C=O) groups excluding carboxylic acids is 1. The maximum atomic E-state index is 11.6. The second kappa shape index (κ2) is 4.74. The number of primary sulfonamides is 1. The molecule has 0 spiro atoms.